The lowest BCUT2D eigenvalue weighted by atomic mass is 9.85. The molecule has 2 aliphatic rings. The molecule has 5 nitrogen and oxygen atoms in total. The van der Waals surface area contributed by atoms with Gasteiger partial charge in [0.1, 0.15) is 12.2 Å². The van der Waals surface area contributed by atoms with Crippen molar-refractivity contribution in [3.63, 3.8) is 0 Å². The Morgan fingerprint density at radius 3 is 2.76 bits per heavy atom. The highest BCUT2D eigenvalue weighted by Crippen LogP contribution is 2.36. The molecule has 0 aromatic heterocycles. The van der Waals surface area contributed by atoms with Crippen molar-refractivity contribution in [3.05, 3.63) is 47.1 Å². The van der Waals surface area contributed by atoms with Gasteiger partial charge in [-0.3, -0.25) is 0 Å². The molecule has 0 radical (unpaired) electrons. The molecule has 1 N–H and O–H groups in total. The maximum atomic E-state index is 12.3. The molecule has 0 aromatic rings. The van der Waals surface area contributed by atoms with E-state index in [2.05, 4.69) is 6.58 Å². The first kappa shape index (κ1) is 19.2. The highest BCUT2D eigenvalue weighted by Gasteiger charge is 2.44. The largest absolute Gasteiger partial charge is 0.458 e. The summed E-state index contributed by atoms with van der Waals surface area (Å²) in [5, 5.41) is 10.2. The fraction of sp³-hybridized carbons (Fsp3) is 0.500. The Bertz CT molecular complexity index is 668. The van der Waals surface area contributed by atoms with E-state index < -0.39 is 36.2 Å². The second-order valence-electron chi connectivity index (χ2n) is 6.75. The van der Waals surface area contributed by atoms with Gasteiger partial charge in [0.05, 0.1) is 12.0 Å². The summed E-state index contributed by atoms with van der Waals surface area (Å²) in [4.78, 5) is 24.3. The summed E-state index contributed by atoms with van der Waals surface area (Å²) in [5.74, 6) is -1.37. The summed E-state index contributed by atoms with van der Waals surface area (Å²) in [6.07, 6.45) is 4.51. The highest BCUT2D eigenvalue weighted by atomic mass is 16.6. The molecule has 1 fully saturated rings. The van der Waals surface area contributed by atoms with Crippen LogP contribution >= 0.6 is 0 Å². The molecule has 0 saturated carbocycles. The SMILES string of the molecule is C=C1C(=O)O[C@H]2/C=C(/C)[C@@H](O)C/C=C(/C)C[C@H](OC(=O)/C(C)=C\C)[C@@H]12. The standard InChI is InChI=1S/C20H26O5/c1-6-12(3)19(22)24-16-9-11(2)7-8-15(21)13(4)10-17-18(16)14(5)20(23)25-17/h6-7,10,15-18,21H,5,8-9H2,1-4H3/b11-7-,12-6-,13-10-/t15-,16-,17-,18+/m0/s1. The molecule has 2 rings (SSSR count). The van der Waals surface area contributed by atoms with Crippen molar-refractivity contribution in [1.29, 1.82) is 0 Å². The monoisotopic (exact) mass is 346 g/mol. The van der Waals surface area contributed by atoms with E-state index >= 15 is 0 Å². The summed E-state index contributed by atoms with van der Waals surface area (Å²) < 4.78 is 11.1. The maximum Gasteiger partial charge on any atom is 0.334 e. The van der Waals surface area contributed by atoms with Crippen LogP contribution in [-0.4, -0.2) is 35.4 Å². The van der Waals surface area contributed by atoms with Gasteiger partial charge >= 0.3 is 11.9 Å². The zero-order chi connectivity index (χ0) is 18.7. The topological polar surface area (TPSA) is 72.8 Å². The summed E-state index contributed by atoms with van der Waals surface area (Å²) in [6, 6.07) is 0. The number of fused-ring (bicyclic) bond motifs is 1. The lowest BCUT2D eigenvalue weighted by Gasteiger charge is -2.28. The second kappa shape index (κ2) is 7.83. The minimum atomic E-state index is -0.632. The third kappa shape index (κ3) is 4.28. The van der Waals surface area contributed by atoms with E-state index in [0.717, 1.165) is 11.1 Å². The van der Waals surface area contributed by atoms with E-state index in [0.29, 0.717) is 24.0 Å². The van der Waals surface area contributed by atoms with Gasteiger partial charge in [0.2, 0.25) is 0 Å². The minimum absolute atomic E-state index is 0.299. The lowest BCUT2D eigenvalue weighted by molar-refractivity contribution is -0.147. The predicted octanol–water partition coefficient (Wildman–Crippen LogP) is 3.01. The highest BCUT2D eigenvalue weighted by molar-refractivity contribution is 5.92. The predicted molar refractivity (Wildman–Crippen MR) is 94.6 cm³/mol. The Morgan fingerprint density at radius 2 is 2.12 bits per heavy atom. The first-order chi connectivity index (χ1) is 11.7. The van der Waals surface area contributed by atoms with Gasteiger partial charge in [-0.2, -0.15) is 0 Å². The Labute approximate surface area is 148 Å². The first-order valence-electron chi connectivity index (χ1n) is 8.50. The van der Waals surface area contributed by atoms with Crippen LogP contribution in [0.1, 0.15) is 40.5 Å². The first-order valence-corrected chi connectivity index (χ1v) is 8.50. The van der Waals surface area contributed by atoms with E-state index in [1.807, 2.05) is 13.0 Å². The number of esters is 2. The number of hydrogen-bond donors (Lipinski definition) is 1. The lowest BCUT2D eigenvalue weighted by Crippen LogP contribution is -2.34. The van der Waals surface area contributed by atoms with Gasteiger partial charge in [-0.05, 0) is 45.8 Å². The molecule has 5 heteroatoms. The third-order valence-electron chi connectivity index (χ3n) is 4.84. The quantitative estimate of drug-likeness (QED) is 0.473. The molecule has 0 amide bonds. The van der Waals surface area contributed by atoms with Gasteiger partial charge in [0, 0.05) is 17.6 Å². The number of carbonyl (C=O) groups is 2. The third-order valence-corrected chi connectivity index (χ3v) is 4.84. The van der Waals surface area contributed by atoms with Gasteiger partial charge in [0.15, 0.2) is 0 Å². The van der Waals surface area contributed by atoms with Gasteiger partial charge < -0.3 is 14.6 Å². The molecular weight excluding hydrogens is 320 g/mol. The molecule has 25 heavy (non-hydrogen) atoms. The molecule has 0 spiro atoms. The zero-order valence-corrected chi connectivity index (χ0v) is 15.2. The summed E-state index contributed by atoms with van der Waals surface area (Å²) >= 11 is 0. The van der Waals surface area contributed by atoms with Crippen molar-refractivity contribution in [2.75, 3.05) is 0 Å². The fourth-order valence-electron chi connectivity index (χ4n) is 3.04. The van der Waals surface area contributed by atoms with Crippen LogP contribution in [0.3, 0.4) is 0 Å². The van der Waals surface area contributed by atoms with E-state index in [9.17, 15) is 14.7 Å². The maximum absolute atomic E-state index is 12.3. The number of ether oxygens (including phenoxy) is 2. The molecule has 1 aliphatic carbocycles. The molecule has 4 atom stereocenters. The molecule has 136 valence electrons. The smallest absolute Gasteiger partial charge is 0.334 e. The number of allylic oxidation sites excluding steroid dienone is 1. The molecular formula is C20H26O5. The van der Waals surface area contributed by atoms with Gasteiger partial charge in [-0.25, -0.2) is 9.59 Å². The van der Waals surface area contributed by atoms with Crippen molar-refractivity contribution >= 4 is 11.9 Å². The fourth-order valence-corrected chi connectivity index (χ4v) is 3.04. The number of aliphatic hydroxyl groups excluding tert-OH is 1. The van der Waals surface area contributed by atoms with Crippen molar-refractivity contribution in [2.45, 2.75) is 58.8 Å². The van der Waals surface area contributed by atoms with Gasteiger partial charge in [0.25, 0.3) is 0 Å². The van der Waals surface area contributed by atoms with E-state index in [4.69, 9.17) is 9.47 Å². The molecule has 0 unspecified atom stereocenters. The summed E-state index contributed by atoms with van der Waals surface area (Å²) in [6.45, 7) is 11.0. The van der Waals surface area contributed by atoms with Crippen LogP contribution in [0.25, 0.3) is 0 Å². The summed E-state index contributed by atoms with van der Waals surface area (Å²) in [7, 11) is 0. The Morgan fingerprint density at radius 1 is 1.44 bits per heavy atom. The number of rotatable bonds is 2. The van der Waals surface area contributed by atoms with Crippen LogP contribution in [0, 0.1) is 5.92 Å². The van der Waals surface area contributed by atoms with Crippen LogP contribution < -0.4 is 0 Å². The number of carbonyl (C=O) groups excluding carboxylic acids is 2. The van der Waals surface area contributed by atoms with E-state index in [-0.39, 0.29) is 0 Å². The van der Waals surface area contributed by atoms with Gasteiger partial charge in [-0.1, -0.05) is 24.3 Å². The van der Waals surface area contributed by atoms with Gasteiger partial charge in [-0.15, -0.1) is 0 Å². The van der Waals surface area contributed by atoms with Crippen molar-refractivity contribution in [3.8, 4) is 0 Å². The molecule has 1 aliphatic heterocycles. The van der Waals surface area contributed by atoms with E-state index in [1.165, 1.54) is 0 Å². The minimum Gasteiger partial charge on any atom is -0.458 e. The van der Waals surface area contributed by atoms with Crippen LogP contribution in [0.5, 0.6) is 0 Å². The normalized spacial score (nSPS) is 35.0. The molecule has 1 heterocycles. The zero-order valence-electron chi connectivity index (χ0n) is 15.2. The number of hydrogen-bond acceptors (Lipinski definition) is 5. The molecule has 0 bridgehead atoms. The van der Waals surface area contributed by atoms with Crippen molar-refractivity contribution in [1.82, 2.24) is 0 Å². The van der Waals surface area contributed by atoms with Crippen molar-refractivity contribution in [2.24, 2.45) is 5.92 Å². The average Bonchev–Trinajstić information content (AvgIpc) is 2.84. The van der Waals surface area contributed by atoms with Crippen LogP contribution in [-0.2, 0) is 19.1 Å². The molecule has 1 saturated heterocycles. The Kier molecular flexibility index (Phi) is 6.01. The van der Waals surface area contributed by atoms with E-state index in [1.54, 1.807) is 32.9 Å². The second-order valence-corrected chi connectivity index (χ2v) is 6.75. The average molecular weight is 346 g/mol. The molecule has 0 aromatic carbocycles. The Hall–Kier alpha value is -2.14. The van der Waals surface area contributed by atoms with Crippen molar-refractivity contribution < 1.29 is 24.2 Å². The van der Waals surface area contributed by atoms with Crippen LogP contribution in [0.15, 0.2) is 47.1 Å². The summed E-state index contributed by atoms with van der Waals surface area (Å²) in [5.41, 5.74) is 2.51. The van der Waals surface area contributed by atoms with Crippen LogP contribution in [0.2, 0.25) is 0 Å². The van der Waals surface area contributed by atoms with Crippen LogP contribution in [0.4, 0.5) is 0 Å². The number of aliphatic hydroxyl groups is 1. The Balaban J connectivity index is 2.42.